The van der Waals surface area contributed by atoms with E-state index in [1.54, 1.807) is 31.4 Å². The number of nitrogens with one attached hydrogen (secondary N) is 1. The number of nitrogens with zero attached hydrogens (tertiary/aromatic N) is 2. The van der Waals surface area contributed by atoms with Crippen LogP contribution < -0.4 is 15.0 Å². The minimum absolute atomic E-state index is 0.0748. The maximum Gasteiger partial charge on any atom is 0.256 e. The molecular formula is C25H25N3O3. The maximum atomic E-state index is 13.2. The molecule has 4 rings (SSSR count). The smallest absolute Gasteiger partial charge is 0.256 e. The molecule has 31 heavy (non-hydrogen) atoms. The van der Waals surface area contributed by atoms with Crippen LogP contribution in [-0.4, -0.2) is 50.0 Å². The lowest BCUT2D eigenvalue weighted by Crippen LogP contribution is -2.49. The van der Waals surface area contributed by atoms with E-state index < -0.39 is 0 Å². The van der Waals surface area contributed by atoms with Crippen molar-refractivity contribution in [1.29, 1.82) is 0 Å². The standard InChI is InChI=1S/C25H25N3O3/c1-31-21-11-7-10-20(18-21)27-14-16-28(17-15-27)25(30)22-12-5-6-13-23(22)26-24(29)19-8-3-2-4-9-19/h2-13,18H,14-17H2,1H3,(H,26,29). The average Bonchev–Trinajstić information content (AvgIpc) is 2.84. The van der Waals surface area contributed by atoms with Gasteiger partial charge in [0.05, 0.1) is 18.4 Å². The third kappa shape index (κ3) is 4.69. The summed E-state index contributed by atoms with van der Waals surface area (Å²) in [7, 11) is 1.66. The fourth-order valence-corrected chi connectivity index (χ4v) is 3.71. The van der Waals surface area contributed by atoms with Gasteiger partial charge in [-0.2, -0.15) is 0 Å². The molecule has 0 saturated carbocycles. The third-order valence-corrected chi connectivity index (χ3v) is 5.43. The highest BCUT2D eigenvalue weighted by molar-refractivity contribution is 6.09. The molecule has 0 atom stereocenters. The molecule has 1 fully saturated rings. The van der Waals surface area contributed by atoms with Gasteiger partial charge in [-0.05, 0) is 36.4 Å². The Morgan fingerprint density at radius 1 is 0.839 bits per heavy atom. The molecule has 3 aromatic rings. The van der Waals surface area contributed by atoms with Gasteiger partial charge in [-0.1, -0.05) is 36.4 Å². The highest BCUT2D eigenvalue weighted by Crippen LogP contribution is 2.24. The molecule has 0 spiro atoms. The quantitative estimate of drug-likeness (QED) is 0.686. The Labute approximate surface area is 182 Å². The monoisotopic (exact) mass is 415 g/mol. The Morgan fingerprint density at radius 3 is 2.29 bits per heavy atom. The van der Waals surface area contributed by atoms with E-state index in [-0.39, 0.29) is 11.8 Å². The van der Waals surface area contributed by atoms with Crippen LogP contribution in [0.3, 0.4) is 0 Å². The van der Waals surface area contributed by atoms with Crippen LogP contribution in [-0.2, 0) is 0 Å². The van der Waals surface area contributed by atoms with Gasteiger partial charge in [0.2, 0.25) is 0 Å². The summed E-state index contributed by atoms with van der Waals surface area (Å²) in [5, 5.41) is 2.88. The van der Waals surface area contributed by atoms with Crippen molar-refractivity contribution in [3.05, 3.63) is 90.0 Å². The van der Waals surface area contributed by atoms with Crippen molar-refractivity contribution >= 4 is 23.2 Å². The minimum atomic E-state index is -0.233. The number of carbonyl (C=O) groups is 2. The van der Waals surface area contributed by atoms with Crippen LogP contribution in [0.15, 0.2) is 78.9 Å². The number of hydrogen-bond acceptors (Lipinski definition) is 4. The Balaban J connectivity index is 1.44. The number of benzene rings is 3. The van der Waals surface area contributed by atoms with Crippen LogP contribution in [0.5, 0.6) is 5.75 Å². The molecule has 1 N–H and O–H groups in total. The molecule has 0 radical (unpaired) electrons. The van der Waals surface area contributed by atoms with E-state index >= 15 is 0 Å². The van der Waals surface area contributed by atoms with Gasteiger partial charge < -0.3 is 19.9 Å². The Morgan fingerprint density at radius 2 is 1.55 bits per heavy atom. The molecule has 1 heterocycles. The Kier molecular flexibility index (Phi) is 6.17. The van der Waals surface area contributed by atoms with E-state index in [0.29, 0.717) is 29.9 Å². The van der Waals surface area contributed by atoms with Gasteiger partial charge in [-0.3, -0.25) is 9.59 Å². The van der Waals surface area contributed by atoms with E-state index in [9.17, 15) is 9.59 Å². The minimum Gasteiger partial charge on any atom is -0.497 e. The summed E-state index contributed by atoms with van der Waals surface area (Å²) in [5.41, 5.74) is 2.66. The van der Waals surface area contributed by atoms with Gasteiger partial charge in [-0.15, -0.1) is 0 Å². The van der Waals surface area contributed by atoms with Crippen LogP contribution in [0.4, 0.5) is 11.4 Å². The second-order valence-electron chi connectivity index (χ2n) is 7.35. The summed E-state index contributed by atoms with van der Waals surface area (Å²) < 4.78 is 5.31. The number of ether oxygens (including phenoxy) is 1. The number of amides is 2. The van der Waals surface area contributed by atoms with Crippen LogP contribution in [0.1, 0.15) is 20.7 Å². The number of para-hydroxylation sites is 1. The summed E-state index contributed by atoms with van der Waals surface area (Å²) in [6.45, 7) is 2.68. The van der Waals surface area contributed by atoms with Crippen LogP contribution in [0, 0.1) is 0 Å². The zero-order chi connectivity index (χ0) is 21.6. The SMILES string of the molecule is COc1cccc(N2CCN(C(=O)c3ccccc3NC(=O)c3ccccc3)CC2)c1. The van der Waals surface area contributed by atoms with Crippen LogP contribution in [0.25, 0.3) is 0 Å². The number of anilines is 2. The van der Waals surface area contributed by atoms with Gasteiger partial charge in [0.25, 0.3) is 11.8 Å². The highest BCUT2D eigenvalue weighted by Gasteiger charge is 2.24. The molecular weight excluding hydrogens is 390 g/mol. The third-order valence-electron chi connectivity index (χ3n) is 5.43. The number of methoxy groups -OCH3 is 1. The summed E-state index contributed by atoms with van der Waals surface area (Å²) in [6.07, 6.45) is 0. The van der Waals surface area contributed by atoms with Crippen molar-refractivity contribution in [1.82, 2.24) is 4.90 Å². The molecule has 6 nitrogen and oxygen atoms in total. The van der Waals surface area contributed by atoms with E-state index in [2.05, 4.69) is 16.3 Å². The van der Waals surface area contributed by atoms with Crippen molar-refractivity contribution in [2.45, 2.75) is 0 Å². The average molecular weight is 415 g/mol. The van der Waals surface area contributed by atoms with Crippen molar-refractivity contribution in [3.8, 4) is 5.75 Å². The predicted octanol–water partition coefficient (Wildman–Crippen LogP) is 3.91. The first-order valence-corrected chi connectivity index (χ1v) is 10.3. The van der Waals surface area contributed by atoms with Crippen LogP contribution >= 0.6 is 0 Å². The number of rotatable bonds is 5. The second kappa shape index (κ2) is 9.34. The van der Waals surface area contributed by atoms with Gasteiger partial charge in [0.1, 0.15) is 5.75 Å². The molecule has 1 aliphatic rings. The van der Waals surface area contributed by atoms with E-state index in [0.717, 1.165) is 24.5 Å². The van der Waals surface area contributed by atoms with E-state index in [4.69, 9.17) is 4.74 Å². The van der Waals surface area contributed by atoms with Gasteiger partial charge >= 0.3 is 0 Å². The Hall–Kier alpha value is -3.80. The van der Waals surface area contributed by atoms with Gasteiger partial charge in [0.15, 0.2) is 0 Å². The molecule has 6 heteroatoms. The number of piperazine rings is 1. The topological polar surface area (TPSA) is 61.9 Å². The molecule has 158 valence electrons. The first kappa shape index (κ1) is 20.5. The summed E-state index contributed by atoms with van der Waals surface area (Å²) in [4.78, 5) is 29.9. The predicted molar refractivity (Wildman–Crippen MR) is 122 cm³/mol. The molecule has 3 aromatic carbocycles. The highest BCUT2D eigenvalue weighted by atomic mass is 16.5. The fourth-order valence-electron chi connectivity index (χ4n) is 3.71. The molecule has 0 aliphatic carbocycles. The Bertz CT molecular complexity index is 1060. The fraction of sp³-hybridized carbons (Fsp3) is 0.200. The maximum absolute atomic E-state index is 13.2. The number of hydrogen-bond donors (Lipinski definition) is 1. The van der Waals surface area contributed by atoms with Crippen LogP contribution in [0.2, 0.25) is 0 Å². The lowest BCUT2D eigenvalue weighted by atomic mass is 10.1. The normalized spacial score (nSPS) is 13.6. The zero-order valence-corrected chi connectivity index (χ0v) is 17.5. The van der Waals surface area contributed by atoms with E-state index in [1.165, 1.54) is 0 Å². The van der Waals surface area contributed by atoms with Crippen molar-refractivity contribution in [2.24, 2.45) is 0 Å². The molecule has 0 unspecified atom stereocenters. The van der Waals surface area contributed by atoms with Crippen molar-refractivity contribution in [3.63, 3.8) is 0 Å². The van der Waals surface area contributed by atoms with Gasteiger partial charge in [0, 0.05) is 43.5 Å². The summed E-state index contributed by atoms with van der Waals surface area (Å²) >= 11 is 0. The summed E-state index contributed by atoms with van der Waals surface area (Å²) in [6, 6.07) is 24.1. The largest absolute Gasteiger partial charge is 0.497 e. The number of carbonyl (C=O) groups excluding carboxylic acids is 2. The van der Waals surface area contributed by atoms with E-state index in [1.807, 2.05) is 53.4 Å². The first-order chi connectivity index (χ1) is 15.2. The lowest BCUT2D eigenvalue weighted by Gasteiger charge is -2.36. The molecule has 1 aliphatic heterocycles. The first-order valence-electron chi connectivity index (χ1n) is 10.3. The zero-order valence-electron chi connectivity index (χ0n) is 17.5. The second-order valence-corrected chi connectivity index (χ2v) is 7.35. The molecule has 2 amide bonds. The van der Waals surface area contributed by atoms with Crippen molar-refractivity contribution in [2.75, 3.05) is 43.5 Å². The molecule has 0 bridgehead atoms. The summed E-state index contributed by atoms with van der Waals surface area (Å²) in [5.74, 6) is 0.511. The molecule has 0 aromatic heterocycles. The lowest BCUT2D eigenvalue weighted by molar-refractivity contribution is 0.0748. The van der Waals surface area contributed by atoms with Crippen molar-refractivity contribution < 1.29 is 14.3 Å². The van der Waals surface area contributed by atoms with Gasteiger partial charge in [-0.25, -0.2) is 0 Å². The molecule has 1 saturated heterocycles.